The second kappa shape index (κ2) is 5.53. The highest BCUT2D eigenvalue weighted by atomic mass is 32.2. The lowest BCUT2D eigenvalue weighted by molar-refractivity contribution is -0.137. The van der Waals surface area contributed by atoms with Crippen LogP contribution in [-0.4, -0.2) is 12.6 Å². The fourth-order valence-corrected chi connectivity index (χ4v) is 1.18. The smallest absolute Gasteiger partial charge is 0.346 e. The summed E-state index contributed by atoms with van der Waals surface area (Å²) in [5, 5.41) is 0.313. The van der Waals surface area contributed by atoms with E-state index in [4.69, 9.17) is 16.2 Å². The van der Waals surface area contributed by atoms with Crippen molar-refractivity contribution in [2.75, 3.05) is 6.61 Å². The fourth-order valence-electron chi connectivity index (χ4n) is 0.611. The van der Waals surface area contributed by atoms with Gasteiger partial charge in [0.2, 0.25) is 0 Å². The van der Waals surface area contributed by atoms with Crippen LogP contribution in [0.4, 0.5) is 0 Å². The molecule has 0 saturated carbocycles. The zero-order valence-electron chi connectivity index (χ0n) is 7.79. The van der Waals surface area contributed by atoms with Crippen LogP contribution in [0.2, 0.25) is 0 Å². The molecule has 0 aliphatic carbocycles. The van der Waals surface area contributed by atoms with E-state index in [2.05, 4.69) is 6.58 Å². The molecule has 0 fully saturated rings. The van der Waals surface area contributed by atoms with Gasteiger partial charge in [0.15, 0.2) is 0 Å². The van der Waals surface area contributed by atoms with Crippen molar-refractivity contribution in [3.63, 3.8) is 0 Å². The van der Waals surface area contributed by atoms with Crippen molar-refractivity contribution in [3.05, 3.63) is 22.2 Å². The number of hydrogen-bond donors (Lipinski definition) is 2. The zero-order valence-corrected chi connectivity index (χ0v) is 8.61. The number of carbonyl (C=O) groups is 1. The van der Waals surface area contributed by atoms with Crippen LogP contribution < -0.4 is 11.5 Å². The first-order valence-corrected chi connectivity index (χ1v) is 4.56. The van der Waals surface area contributed by atoms with Crippen LogP contribution in [0, 0.1) is 0 Å². The molecule has 5 heteroatoms. The number of hydrogen-bond acceptors (Lipinski definition) is 5. The predicted molar refractivity (Wildman–Crippen MR) is 54.4 cm³/mol. The summed E-state index contributed by atoms with van der Waals surface area (Å²) in [5.74, 6) is -0.459. The molecule has 0 aromatic heterocycles. The van der Waals surface area contributed by atoms with E-state index in [9.17, 15) is 4.79 Å². The number of rotatable bonds is 4. The normalized spacial score (nSPS) is 11.8. The van der Waals surface area contributed by atoms with E-state index in [1.165, 1.54) is 0 Å². The molecule has 0 aliphatic heterocycles. The Morgan fingerprint density at radius 2 is 2.08 bits per heavy atom. The molecule has 0 heterocycles. The Morgan fingerprint density at radius 3 is 2.38 bits per heavy atom. The number of thioether (sulfide) groups is 1. The molecule has 0 aliphatic rings. The van der Waals surface area contributed by atoms with Crippen LogP contribution in [0.5, 0.6) is 0 Å². The van der Waals surface area contributed by atoms with Crippen molar-refractivity contribution in [2.24, 2.45) is 11.5 Å². The molecule has 13 heavy (non-hydrogen) atoms. The second-order valence-corrected chi connectivity index (χ2v) is 3.44. The van der Waals surface area contributed by atoms with E-state index in [0.29, 0.717) is 22.2 Å². The standard InChI is InChI=1S/C8H14N2O2S/c1-4-12-8(11)7(5(2)9)13-6(3)10/h3-4,9-10H2,1-2H3/b7-5-. The van der Waals surface area contributed by atoms with Crippen molar-refractivity contribution in [1.29, 1.82) is 0 Å². The van der Waals surface area contributed by atoms with E-state index < -0.39 is 5.97 Å². The Hall–Kier alpha value is -1.10. The Bertz CT molecular complexity index is 245. The van der Waals surface area contributed by atoms with Gasteiger partial charge in [0.1, 0.15) is 4.91 Å². The maximum Gasteiger partial charge on any atom is 0.346 e. The Morgan fingerprint density at radius 1 is 1.54 bits per heavy atom. The summed E-state index contributed by atoms with van der Waals surface area (Å²) in [6, 6.07) is 0. The molecule has 0 spiro atoms. The Kier molecular flexibility index (Phi) is 5.06. The van der Waals surface area contributed by atoms with Gasteiger partial charge < -0.3 is 16.2 Å². The van der Waals surface area contributed by atoms with Gasteiger partial charge in [0, 0.05) is 5.70 Å². The van der Waals surface area contributed by atoms with Gasteiger partial charge in [0.25, 0.3) is 0 Å². The summed E-state index contributed by atoms with van der Waals surface area (Å²) in [5.41, 5.74) is 11.2. The van der Waals surface area contributed by atoms with Gasteiger partial charge in [-0.3, -0.25) is 0 Å². The molecule has 0 aromatic carbocycles. The quantitative estimate of drug-likeness (QED) is 0.523. The lowest BCUT2D eigenvalue weighted by Crippen LogP contribution is -2.11. The SMILES string of the molecule is C=C(N)S/C(C(=O)OCC)=C(/C)N. The van der Waals surface area contributed by atoms with E-state index in [0.717, 1.165) is 11.8 Å². The monoisotopic (exact) mass is 202 g/mol. The highest BCUT2D eigenvalue weighted by Gasteiger charge is 2.14. The van der Waals surface area contributed by atoms with Crippen molar-refractivity contribution in [2.45, 2.75) is 13.8 Å². The fraction of sp³-hybridized carbons (Fsp3) is 0.375. The summed E-state index contributed by atoms with van der Waals surface area (Å²) in [6.07, 6.45) is 0. The minimum atomic E-state index is -0.459. The maximum atomic E-state index is 11.2. The number of allylic oxidation sites excluding steroid dienone is 1. The molecule has 0 aromatic rings. The van der Waals surface area contributed by atoms with Crippen LogP contribution in [0.25, 0.3) is 0 Å². The highest BCUT2D eigenvalue weighted by molar-refractivity contribution is 8.07. The summed E-state index contributed by atoms with van der Waals surface area (Å²) in [6.45, 7) is 7.11. The van der Waals surface area contributed by atoms with Crippen molar-refractivity contribution in [3.8, 4) is 0 Å². The van der Waals surface area contributed by atoms with E-state index in [1.807, 2.05) is 0 Å². The minimum Gasteiger partial charge on any atom is -0.462 e. The van der Waals surface area contributed by atoms with Gasteiger partial charge in [-0.2, -0.15) is 0 Å². The van der Waals surface area contributed by atoms with Gasteiger partial charge in [-0.05, 0) is 13.8 Å². The maximum absolute atomic E-state index is 11.2. The zero-order chi connectivity index (χ0) is 10.4. The summed E-state index contributed by atoms with van der Waals surface area (Å²) in [7, 11) is 0. The largest absolute Gasteiger partial charge is 0.462 e. The van der Waals surface area contributed by atoms with Crippen molar-refractivity contribution in [1.82, 2.24) is 0 Å². The third kappa shape index (κ3) is 4.47. The van der Waals surface area contributed by atoms with Crippen LogP contribution >= 0.6 is 11.8 Å². The molecule has 0 amide bonds. The first-order valence-electron chi connectivity index (χ1n) is 3.74. The Labute approximate surface area is 82.0 Å². The molecule has 0 unspecified atom stereocenters. The molecular formula is C8H14N2O2S. The Balaban J connectivity index is 4.54. The van der Waals surface area contributed by atoms with Crippen LogP contribution in [0.15, 0.2) is 22.2 Å². The second-order valence-electron chi connectivity index (χ2n) is 2.30. The van der Waals surface area contributed by atoms with Gasteiger partial charge in [-0.15, -0.1) is 0 Å². The summed E-state index contributed by atoms with van der Waals surface area (Å²) in [4.78, 5) is 11.5. The topological polar surface area (TPSA) is 78.3 Å². The third-order valence-electron chi connectivity index (χ3n) is 1.05. The average molecular weight is 202 g/mol. The average Bonchev–Trinajstić information content (AvgIpc) is 1.99. The molecule has 0 atom stereocenters. The molecule has 0 saturated heterocycles. The molecular weight excluding hydrogens is 188 g/mol. The van der Waals surface area contributed by atoms with Crippen molar-refractivity contribution >= 4 is 17.7 Å². The van der Waals surface area contributed by atoms with Gasteiger partial charge in [-0.25, -0.2) is 4.79 Å². The van der Waals surface area contributed by atoms with Crippen LogP contribution in [0.3, 0.4) is 0 Å². The third-order valence-corrected chi connectivity index (χ3v) is 2.01. The van der Waals surface area contributed by atoms with Crippen molar-refractivity contribution < 1.29 is 9.53 Å². The molecule has 0 rings (SSSR count). The molecule has 0 bridgehead atoms. The molecule has 74 valence electrons. The molecule has 4 N–H and O–H groups in total. The number of esters is 1. The molecule has 4 nitrogen and oxygen atoms in total. The van der Waals surface area contributed by atoms with E-state index in [1.54, 1.807) is 13.8 Å². The highest BCUT2D eigenvalue weighted by Crippen LogP contribution is 2.23. The first-order chi connectivity index (χ1) is 5.99. The summed E-state index contributed by atoms with van der Waals surface area (Å²) >= 11 is 1.02. The first kappa shape index (κ1) is 11.9. The van der Waals surface area contributed by atoms with Gasteiger partial charge in [-0.1, -0.05) is 18.3 Å². The van der Waals surface area contributed by atoms with Crippen LogP contribution in [-0.2, 0) is 9.53 Å². The minimum absolute atomic E-state index is 0.300. The van der Waals surface area contributed by atoms with Gasteiger partial charge >= 0.3 is 5.97 Å². The predicted octanol–water partition coefficient (Wildman–Crippen LogP) is 0.903. The molecule has 0 radical (unpaired) electrons. The number of ether oxygens (including phenoxy) is 1. The lowest BCUT2D eigenvalue weighted by atomic mass is 10.4. The lowest BCUT2D eigenvalue weighted by Gasteiger charge is -2.07. The van der Waals surface area contributed by atoms with Gasteiger partial charge in [0.05, 0.1) is 11.6 Å². The van der Waals surface area contributed by atoms with E-state index in [-0.39, 0.29) is 0 Å². The summed E-state index contributed by atoms with van der Waals surface area (Å²) < 4.78 is 4.77. The van der Waals surface area contributed by atoms with E-state index >= 15 is 0 Å². The number of nitrogens with two attached hydrogens (primary N) is 2. The van der Waals surface area contributed by atoms with Crippen LogP contribution in [0.1, 0.15) is 13.8 Å². The number of carbonyl (C=O) groups excluding carboxylic acids is 1.